The molecule has 0 aliphatic heterocycles. The highest BCUT2D eigenvalue weighted by Gasteiger charge is 2.12. The van der Waals surface area contributed by atoms with Crippen molar-refractivity contribution in [1.29, 1.82) is 0 Å². The summed E-state index contributed by atoms with van der Waals surface area (Å²) >= 11 is 0. The molecule has 0 bridgehead atoms. The number of carbonyl (C=O) groups excluding carboxylic acids is 1. The van der Waals surface area contributed by atoms with Gasteiger partial charge in [-0.2, -0.15) is 0 Å². The van der Waals surface area contributed by atoms with Crippen LogP contribution in [0.3, 0.4) is 0 Å². The fourth-order valence-electron chi connectivity index (χ4n) is 2.36. The first-order chi connectivity index (χ1) is 10.7. The number of carbonyl (C=O) groups is 1. The minimum Gasteiger partial charge on any atom is -0.494 e. The number of benzene rings is 2. The molecule has 2 aromatic rings. The van der Waals surface area contributed by atoms with Crippen molar-refractivity contribution in [3.63, 3.8) is 0 Å². The molecular formula is C19H23NO2. The number of para-hydroxylation sites is 1. The minimum atomic E-state index is 0.140. The Morgan fingerprint density at radius 2 is 1.86 bits per heavy atom. The van der Waals surface area contributed by atoms with Gasteiger partial charge < -0.3 is 9.64 Å². The van der Waals surface area contributed by atoms with E-state index in [1.807, 2.05) is 73.3 Å². The molecule has 0 saturated carbocycles. The summed E-state index contributed by atoms with van der Waals surface area (Å²) in [4.78, 5) is 14.1. The third-order valence-electron chi connectivity index (χ3n) is 3.48. The molecule has 0 unspecified atom stereocenters. The van der Waals surface area contributed by atoms with Crippen molar-refractivity contribution in [1.82, 2.24) is 0 Å². The molecule has 116 valence electrons. The largest absolute Gasteiger partial charge is 0.494 e. The Kier molecular flexibility index (Phi) is 6.01. The Morgan fingerprint density at radius 3 is 2.55 bits per heavy atom. The molecule has 0 heterocycles. The van der Waals surface area contributed by atoms with Crippen molar-refractivity contribution in [2.75, 3.05) is 18.1 Å². The van der Waals surface area contributed by atoms with Gasteiger partial charge in [0.2, 0.25) is 5.91 Å². The molecule has 0 aliphatic carbocycles. The summed E-state index contributed by atoms with van der Waals surface area (Å²) in [6.07, 6.45) is 1.21. The maximum absolute atomic E-state index is 12.3. The highest BCUT2D eigenvalue weighted by molar-refractivity contribution is 5.93. The second kappa shape index (κ2) is 8.23. The van der Waals surface area contributed by atoms with Gasteiger partial charge in [0.25, 0.3) is 0 Å². The molecule has 0 atom stereocenters. The van der Waals surface area contributed by atoms with Crippen molar-refractivity contribution < 1.29 is 9.53 Å². The van der Waals surface area contributed by atoms with E-state index >= 15 is 0 Å². The second-order valence-electron chi connectivity index (χ2n) is 5.24. The van der Waals surface area contributed by atoms with Crippen LogP contribution in [-0.4, -0.2) is 19.1 Å². The van der Waals surface area contributed by atoms with E-state index in [2.05, 4.69) is 0 Å². The van der Waals surface area contributed by atoms with E-state index in [-0.39, 0.29) is 5.91 Å². The van der Waals surface area contributed by atoms with Gasteiger partial charge in [0, 0.05) is 18.7 Å². The maximum atomic E-state index is 12.3. The van der Waals surface area contributed by atoms with Crippen LogP contribution in [0.15, 0.2) is 54.6 Å². The van der Waals surface area contributed by atoms with E-state index < -0.39 is 0 Å². The number of nitrogens with zero attached hydrogens (tertiary/aromatic N) is 1. The minimum absolute atomic E-state index is 0.140. The van der Waals surface area contributed by atoms with Gasteiger partial charge in [-0.05, 0) is 50.1 Å². The van der Waals surface area contributed by atoms with Crippen LogP contribution in [-0.2, 0) is 4.79 Å². The zero-order valence-electron chi connectivity index (χ0n) is 13.3. The molecular weight excluding hydrogens is 274 g/mol. The van der Waals surface area contributed by atoms with Crippen molar-refractivity contribution in [3.8, 4) is 5.75 Å². The van der Waals surface area contributed by atoms with Crippen LogP contribution in [0.4, 0.5) is 5.69 Å². The van der Waals surface area contributed by atoms with Crippen molar-refractivity contribution in [3.05, 3.63) is 60.2 Å². The number of aryl methyl sites for hydroxylation is 1. The lowest BCUT2D eigenvalue weighted by Crippen LogP contribution is -2.30. The number of anilines is 1. The van der Waals surface area contributed by atoms with Crippen LogP contribution in [0.1, 0.15) is 25.3 Å². The lowest BCUT2D eigenvalue weighted by molar-refractivity contribution is -0.118. The standard InChI is InChI=1S/C19H23NO2/c1-3-20(17-10-5-4-6-11-17)19(21)13-8-14-22-18-12-7-9-16(2)15-18/h4-7,9-12,15H,3,8,13-14H2,1-2H3. The number of hydrogen-bond donors (Lipinski definition) is 0. The first-order valence-corrected chi connectivity index (χ1v) is 7.75. The third kappa shape index (κ3) is 4.62. The van der Waals surface area contributed by atoms with Gasteiger partial charge >= 0.3 is 0 Å². The highest BCUT2D eigenvalue weighted by Crippen LogP contribution is 2.16. The van der Waals surface area contributed by atoms with Crippen LogP contribution in [0, 0.1) is 6.92 Å². The summed E-state index contributed by atoms with van der Waals surface area (Å²) in [5, 5.41) is 0. The summed E-state index contributed by atoms with van der Waals surface area (Å²) in [6, 6.07) is 17.7. The van der Waals surface area contributed by atoms with Gasteiger partial charge in [0.1, 0.15) is 5.75 Å². The summed E-state index contributed by atoms with van der Waals surface area (Å²) in [5.74, 6) is 1.00. The zero-order chi connectivity index (χ0) is 15.8. The molecule has 0 N–H and O–H groups in total. The van der Waals surface area contributed by atoms with E-state index in [1.54, 1.807) is 0 Å². The Balaban J connectivity index is 1.79. The van der Waals surface area contributed by atoms with Crippen LogP contribution in [0.25, 0.3) is 0 Å². The lowest BCUT2D eigenvalue weighted by Gasteiger charge is -2.21. The van der Waals surface area contributed by atoms with E-state index in [4.69, 9.17) is 4.74 Å². The molecule has 2 aromatic carbocycles. The summed E-state index contributed by atoms with van der Waals surface area (Å²) in [7, 11) is 0. The van der Waals surface area contributed by atoms with Gasteiger partial charge in [-0.3, -0.25) is 4.79 Å². The van der Waals surface area contributed by atoms with Gasteiger partial charge in [0.15, 0.2) is 0 Å². The first-order valence-electron chi connectivity index (χ1n) is 7.75. The molecule has 3 heteroatoms. The van der Waals surface area contributed by atoms with Gasteiger partial charge in [-0.15, -0.1) is 0 Å². The highest BCUT2D eigenvalue weighted by atomic mass is 16.5. The molecule has 2 rings (SSSR count). The second-order valence-corrected chi connectivity index (χ2v) is 5.24. The lowest BCUT2D eigenvalue weighted by atomic mass is 10.2. The number of rotatable bonds is 7. The average molecular weight is 297 g/mol. The molecule has 0 aromatic heterocycles. The average Bonchev–Trinajstić information content (AvgIpc) is 2.53. The zero-order valence-corrected chi connectivity index (χ0v) is 13.3. The Bertz CT molecular complexity index is 595. The van der Waals surface area contributed by atoms with E-state index in [9.17, 15) is 4.79 Å². The maximum Gasteiger partial charge on any atom is 0.227 e. The van der Waals surface area contributed by atoms with Crippen molar-refractivity contribution in [2.45, 2.75) is 26.7 Å². The SMILES string of the molecule is CCN(C(=O)CCCOc1cccc(C)c1)c1ccccc1. The van der Waals surface area contributed by atoms with Gasteiger partial charge in [0.05, 0.1) is 6.61 Å². The Hall–Kier alpha value is -2.29. The number of hydrogen-bond acceptors (Lipinski definition) is 2. The molecule has 3 nitrogen and oxygen atoms in total. The van der Waals surface area contributed by atoms with Crippen LogP contribution in [0.2, 0.25) is 0 Å². The van der Waals surface area contributed by atoms with Crippen LogP contribution < -0.4 is 9.64 Å². The molecule has 0 fully saturated rings. The van der Waals surface area contributed by atoms with Crippen molar-refractivity contribution in [2.24, 2.45) is 0 Å². The third-order valence-corrected chi connectivity index (χ3v) is 3.48. The Labute approximate surface area is 132 Å². The van der Waals surface area contributed by atoms with E-state index in [0.717, 1.165) is 17.9 Å². The quantitative estimate of drug-likeness (QED) is 0.717. The molecule has 0 saturated heterocycles. The fraction of sp³-hybridized carbons (Fsp3) is 0.316. The topological polar surface area (TPSA) is 29.5 Å². The first kappa shape index (κ1) is 16.1. The Morgan fingerprint density at radius 1 is 1.09 bits per heavy atom. The molecule has 0 radical (unpaired) electrons. The van der Waals surface area contributed by atoms with E-state index in [1.165, 1.54) is 5.56 Å². The number of amides is 1. The molecule has 0 aliphatic rings. The smallest absolute Gasteiger partial charge is 0.227 e. The van der Waals surface area contributed by atoms with Crippen molar-refractivity contribution >= 4 is 11.6 Å². The van der Waals surface area contributed by atoms with Gasteiger partial charge in [-0.1, -0.05) is 30.3 Å². The number of ether oxygens (including phenoxy) is 1. The summed E-state index contributed by atoms with van der Waals surface area (Å²) in [6.45, 7) is 5.27. The fourth-order valence-corrected chi connectivity index (χ4v) is 2.36. The predicted molar refractivity (Wildman–Crippen MR) is 90.4 cm³/mol. The summed E-state index contributed by atoms with van der Waals surface area (Å²) in [5.41, 5.74) is 2.13. The molecule has 1 amide bonds. The monoisotopic (exact) mass is 297 g/mol. The molecule has 0 spiro atoms. The predicted octanol–water partition coefficient (Wildman–Crippen LogP) is 4.21. The normalized spacial score (nSPS) is 10.3. The van der Waals surface area contributed by atoms with Crippen LogP contribution in [0.5, 0.6) is 5.75 Å². The van der Waals surface area contributed by atoms with E-state index in [0.29, 0.717) is 19.6 Å². The summed E-state index contributed by atoms with van der Waals surface area (Å²) < 4.78 is 5.69. The molecule has 22 heavy (non-hydrogen) atoms. The van der Waals surface area contributed by atoms with Gasteiger partial charge in [-0.25, -0.2) is 0 Å². The van der Waals surface area contributed by atoms with Crippen LogP contribution >= 0.6 is 0 Å².